The summed E-state index contributed by atoms with van der Waals surface area (Å²) in [6.45, 7) is -0.791. The van der Waals surface area contributed by atoms with E-state index in [0.717, 1.165) is 6.26 Å². The molecule has 0 aliphatic carbocycles. The Morgan fingerprint density at radius 2 is 1.81 bits per heavy atom. The second-order valence-corrected chi connectivity index (χ2v) is 7.70. The van der Waals surface area contributed by atoms with Crippen molar-refractivity contribution in [2.75, 3.05) is 12.5 Å². The molecule has 0 saturated carbocycles. The van der Waals surface area contributed by atoms with Crippen molar-refractivity contribution >= 4 is 20.6 Å². The fraction of sp³-hybridized carbons (Fsp3) is 0.231. The quantitative estimate of drug-likeness (QED) is 0.799. The van der Waals surface area contributed by atoms with Crippen LogP contribution in [0.2, 0.25) is 0 Å². The summed E-state index contributed by atoms with van der Waals surface area (Å²) < 4.78 is 47.1. The molecule has 0 amide bonds. The van der Waals surface area contributed by atoms with E-state index >= 15 is 0 Å². The van der Waals surface area contributed by atoms with Crippen LogP contribution >= 0.6 is 0 Å². The molecule has 0 aliphatic rings. The van der Waals surface area contributed by atoms with Crippen LogP contribution in [0, 0.1) is 0 Å². The van der Waals surface area contributed by atoms with Crippen LogP contribution in [0.1, 0.15) is 5.69 Å². The number of sulfone groups is 1. The van der Waals surface area contributed by atoms with Crippen LogP contribution < -0.4 is 0 Å². The van der Waals surface area contributed by atoms with E-state index in [4.69, 9.17) is 0 Å². The highest BCUT2D eigenvalue weighted by Crippen LogP contribution is 2.21. The first-order chi connectivity index (χ1) is 9.81. The van der Waals surface area contributed by atoms with Gasteiger partial charge in [0.05, 0.1) is 27.1 Å². The minimum absolute atomic E-state index is 0.0485. The van der Waals surface area contributed by atoms with Crippen molar-refractivity contribution in [2.45, 2.75) is 16.7 Å². The first-order valence-electron chi connectivity index (χ1n) is 5.89. The van der Waals surface area contributed by atoms with Crippen LogP contribution in [0.25, 0.3) is 11.3 Å². The van der Waals surface area contributed by atoms with Gasteiger partial charge in [-0.3, -0.25) is 4.21 Å². The van der Waals surface area contributed by atoms with Gasteiger partial charge < -0.3 is 0 Å². The number of halogens is 1. The lowest BCUT2D eigenvalue weighted by atomic mass is 10.1. The molecule has 0 fully saturated rings. The molecule has 1 unspecified atom stereocenters. The van der Waals surface area contributed by atoms with Crippen LogP contribution in [-0.4, -0.2) is 35.1 Å². The molecule has 2 rings (SSSR count). The van der Waals surface area contributed by atoms with E-state index in [0.29, 0.717) is 11.3 Å². The average Bonchev–Trinajstić information content (AvgIpc) is 2.46. The fourth-order valence-electron chi connectivity index (χ4n) is 1.69. The third-order valence-electron chi connectivity index (χ3n) is 2.73. The lowest BCUT2D eigenvalue weighted by Crippen LogP contribution is -2.02. The SMILES string of the molecule is CS(=O)c1nc(CF)cc(-c2ccc(S(C)(=O)=O)cc2)n1. The van der Waals surface area contributed by atoms with Crippen molar-refractivity contribution in [1.29, 1.82) is 0 Å². The Labute approximate surface area is 124 Å². The molecule has 1 aromatic heterocycles. The van der Waals surface area contributed by atoms with E-state index in [-0.39, 0.29) is 15.7 Å². The molecule has 1 aromatic carbocycles. The molecule has 2 aromatic rings. The molecular formula is C13H13FN2O3S2. The van der Waals surface area contributed by atoms with E-state index in [1.165, 1.54) is 24.5 Å². The van der Waals surface area contributed by atoms with Crippen molar-refractivity contribution < 1.29 is 17.0 Å². The number of rotatable bonds is 4. The number of nitrogens with zero attached hydrogens (tertiary/aromatic N) is 2. The van der Waals surface area contributed by atoms with E-state index in [2.05, 4.69) is 9.97 Å². The monoisotopic (exact) mass is 328 g/mol. The lowest BCUT2D eigenvalue weighted by Gasteiger charge is -2.06. The summed E-state index contributed by atoms with van der Waals surface area (Å²) in [4.78, 5) is 8.15. The smallest absolute Gasteiger partial charge is 0.219 e. The highest BCUT2D eigenvalue weighted by atomic mass is 32.2. The molecule has 112 valence electrons. The van der Waals surface area contributed by atoms with Crippen molar-refractivity contribution in [3.8, 4) is 11.3 Å². The lowest BCUT2D eigenvalue weighted by molar-refractivity contribution is 0.472. The minimum Gasteiger partial charge on any atom is -0.251 e. The second-order valence-electron chi connectivity index (χ2n) is 4.41. The van der Waals surface area contributed by atoms with Gasteiger partial charge >= 0.3 is 0 Å². The first-order valence-corrected chi connectivity index (χ1v) is 9.34. The Balaban J connectivity index is 2.51. The summed E-state index contributed by atoms with van der Waals surface area (Å²) in [6, 6.07) is 7.49. The van der Waals surface area contributed by atoms with Crippen molar-refractivity contribution in [2.24, 2.45) is 0 Å². The molecule has 0 N–H and O–H groups in total. The highest BCUT2D eigenvalue weighted by Gasteiger charge is 2.11. The van der Waals surface area contributed by atoms with Gasteiger partial charge in [-0.25, -0.2) is 22.8 Å². The van der Waals surface area contributed by atoms with Crippen LogP contribution in [0.4, 0.5) is 4.39 Å². The van der Waals surface area contributed by atoms with Gasteiger partial charge in [0.25, 0.3) is 0 Å². The molecule has 21 heavy (non-hydrogen) atoms. The highest BCUT2D eigenvalue weighted by molar-refractivity contribution is 7.90. The molecule has 5 nitrogen and oxygen atoms in total. The summed E-state index contributed by atoms with van der Waals surface area (Å²) in [5, 5.41) is 0.0485. The Kier molecular flexibility index (Phi) is 4.48. The van der Waals surface area contributed by atoms with Gasteiger partial charge in [0.15, 0.2) is 9.84 Å². The summed E-state index contributed by atoms with van der Waals surface area (Å²) >= 11 is 0. The standard InChI is InChI=1S/C13H13FN2O3S2/c1-20(17)13-15-10(8-14)7-12(16-13)9-3-5-11(6-4-9)21(2,18)19/h3-7H,8H2,1-2H3. The number of alkyl halides is 1. The van der Waals surface area contributed by atoms with Gasteiger partial charge in [-0.05, 0) is 18.2 Å². The van der Waals surface area contributed by atoms with Crippen molar-refractivity contribution in [1.82, 2.24) is 9.97 Å². The maximum atomic E-state index is 12.8. The molecule has 0 spiro atoms. The summed E-state index contributed by atoms with van der Waals surface area (Å²) in [5.41, 5.74) is 1.14. The Hall–Kier alpha value is -1.67. The van der Waals surface area contributed by atoms with E-state index in [1.807, 2.05) is 0 Å². The predicted octanol–water partition coefficient (Wildman–Crippen LogP) is 1.75. The molecule has 1 heterocycles. The molecule has 8 heteroatoms. The number of benzene rings is 1. The first kappa shape index (κ1) is 15.7. The number of aromatic nitrogens is 2. The predicted molar refractivity (Wildman–Crippen MR) is 77.7 cm³/mol. The van der Waals surface area contributed by atoms with Crippen LogP contribution in [0.5, 0.6) is 0 Å². The number of hydrogen-bond acceptors (Lipinski definition) is 5. The minimum atomic E-state index is -3.28. The third kappa shape index (κ3) is 3.70. The fourth-order valence-corrected chi connectivity index (χ4v) is 2.79. The Bertz CT molecular complexity index is 790. The van der Waals surface area contributed by atoms with Crippen LogP contribution in [-0.2, 0) is 27.3 Å². The summed E-state index contributed by atoms with van der Waals surface area (Å²) in [5.74, 6) is 0. The molecule has 1 atom stereocenters. The normalized spacial score (nSPS) is 13.1. The van der Waals surface area contributed by atoms with Gasteiger partial charge in [-0.15, -0.1) is 0 Å². The number of hydrogen-bond donors (Lipinski definition) is 0. The van der Waals surface area contributed by atoms with Crippen molar-refractivity contribution in [3.05, 3.63) is 36.0 Å². The molecule has 0 aliphatic heterocycles. The van der Waals surface area contributed by atoms with Gasteiger partial charge in [-0.2, -0.15) is 0 Å². The summed E-state index contributed by atoms with van der Waals surface area (Å²) in [7, 11) is -4.71. The van der Waals surface area contributed by atoms with Gasteiger partial charge in [0.1, 0.15) is 6.67 Å². The summed E-state index contributed by atoms with van der Waals surface area (Å²) in [6.07, 6.45) is 2.53. The van der Waals surface area contributed by atoms with E-state index in [9.17, 15) is 17.0 Å². The molecular weight excluding hydrogens is 315 g/mol. The second kappa shape index (κ2) is 5.98. The maximum Gasteiger partial charge on any atom is 0.219 e. The largest absolute Gasteiger partial charge is 0.251 e. The van der Waals surface area contributed by atoms with Crippen molar-refractivity contribution in [3.63, 3.8) is 0 Å². The topological polar surface area (TPSA) is 77.0 Å². The molecule has 0 saturated heterocycles. The Morgan fingerprint density at radius 3 is 2.29 bits per heavy atom. The van der Waals surface area contributed by atoms with Gasteiger partial charge in [0.2, 0.25) is 5.16 Å². The van der Waals surface area contributed by atoms with Crippen LogP contribution in [0.15, 0.2) is 40.4 Å². The molecule has 0 bridgehead atoms. The van der Waals surface area contributed by atoms with E-state index in [1.54, 1.807) is 12.1 Å². The van der Waals surface area contributed by atoms with E-state index < -0.39 is 27.3 Å². The van der Waals surface area contributed by atoms with Gasteiger partial charge in [-0.1, -0.05) is 12.1 Å². The zero-order valence-corrected chi connectivity index (χ0v) is 13.0. The maximum absolute atomic E-state index is 12.8. The van der Waals surface area contributed by atoms with Gasteiger partial charge in [0, 0.05) is 18.1 Å². The molecule has 0 radical (unpaired) electrons. The average molecular weight is 328 g/mol. The Morgan fingerprint density at radius 1 is 1.19 bits per heavy atom. The third-order valence-corrected chi connectivity index (χ3v) is 4.56. The zero-order chi connectivity index (χ0) is 15.6. The van der Waals surface area contributed by atoms with Crippen LogP contribution in [0.3, 0.4) is 0 Å². The zero-order valence-electron chi connectivity index (χ0n) is 11.4.